The van der Waals surface area contributed by atoms with Crippen LogP contribution in [0.5, 0.6) is 0 Å². The van der Waals surface area contributed by atoms with Crippen LogP contribution in [0.4, 0.5) is 0 Å². The third-order valence-corrected chi connectivity index (χ3v) is 3.80. The molecule has 0 saturated carbocycles. The molecule has 2 rings (SSSR count). The largest absolute Gasteiger partial charge is 0.368 e. The van der Waals surface area contributed by atoms with E-state index in [-0.39, 0.29) is 11.8 Å². The lowest BCUT2D eigenvalue weighted by Crippen LogP contribution is -2.49. The van der Waals surface area contributed by atoms with Gasteiger partial charge in [-0.3, -0.25) is 9.59 Å². The van der Waals surface area contributed by atoms with Crippen molar-refractivity contribution in [2.75, 3.05) is 0 Å². The number of rotatable bonds is 6. The summed E-state index contributed by atoms with van der Waals surface area (Å²) in [6.45, 7) is 3.71. The molecule has 4 heteroatoms. The van der Waals surface area contributed by atoms with Gasteiger partial charge >= 0.3 is 0 Å². The van der Waals surface area contributed by atoms with Crippen LogP contribution in [0, 0.1) is 5.92 Å². The number of nitrogens with two attached hydrogens (primary N) is 1. The van der Waals surface area contributed by atoms with Crippen molar-refractivity contribution >= 4 is 11.8 Å². The lowest BCUT2D eigenvalue weighted by molar-refractivity contribution is -0.128. The number of hydrogen-bond donors (Lipinski definition) is 2. The smallest absolute Gasteiger partial charge is 0.240 e. The number of benzene rings is 2. The first-order chi connectivity index (χ1) is 11.0. The minimum Gasteiger partial charge on any atom is -0.368 e. The van der Waals surface area contributed by atoms with Crippen LogP contribution < -0.4 is 11.1 Å². The summed E-state index contributed by atoms with van der Waals surface area (Å²) in [4.78, 5) is 24.4. The molecule has 0 spiro atoms. The summed E-state index contributed by atoms with van der Waals surface area (Å²) in [5.74, 6) is -1.28. The van der Waals surface area contributed by atoms with Gasteiger partial charge in [-0.05, 0) is 17.0 Å². The fourth-order valence-corrected chi connectivity index (χ4v) is 2.59. The Bertz CT molecular complexity index is 614. The number of hydrogen-bond acceptors (Lipinski definition) is 2. The number of amides is 2. The zero-order chi connectivity index (χ0) is 16.8. The lowest BCUT2D eigenvalue weighted by atomic mass is 9.89. The molecule has 0 fully saturated rings. The molecule has 120 valence electrons. The molecule has 23 heavy (non-hydrogen) atoms. The second-order valence-corrected chi connectivity index (χ2v) is 5.89. The van der Waals surface area contributed by atoms with E-state index in [9.17, 15) is 9.59 Å². The van der Waals surface area contributed by atoms with Crippen LogP contribution in [0.15, 0.2) is 60.7 Å². The van der Waals surface area contributed by atoms with Crippen LogP contribution in [0.2, 0.25) is 0 Å². The minimum atomic E-state index is -0.683. The number of nitrogens with one attached hydrogen (secondary N) is 1. The lowest BCUT2D eigenvalue weighted by Gasteiger charge is -2.23. The predicted octanol–water partition coefficient (Wildman–Crippen LogP) is 2.44. The standard InChI is InChI=1S/C19H22N2O2/c1-13(2)17(18(20)22)21-19(23)16(14-9-5-3-6-10-14)15-11-7-4-8-12-15/h3-13,16-17H,1-2H3,(H2,20,22)(H,21,23)/t17-/m0/s1. The zero-order valence-corrected chi connectivity index (χ0v) is 13.4. The first-order valence-electron chi connectivity index (χ1n) is 7.70. The van der Waals surface area contributed by atoms with Crippen LogP contribution in [-0.4, -0.2) is 17.9 Å². The highest BCUT2D eigenvalue weighted by Crippen LogP contribution is 2.25. The van der Waals surface area contributed by atoms with Crippen molar-refractivity contribution < 1.29 is 9.59 Å². The topological polar surface area (TPSA) is 72.2 Å². The van der Waals surface area contributed by atoms with Crippen molar-refractivity contribution in [2.24, 2.45) is 11.7 Å². The molecule has 4 nitrogen and oxygen atoms in total. The second kappa shape index (κ2) is 7.58. The Morgan fingerprint density at radius 1 is 0.870 bits per heavy atom. The van der Waals surface area contributed by atoms with Gasteiger partial charge in [0.25, 0.3) is 0 Å². The maximum absolute atomic E-state index is 12.8. The average molecular weight is 310 g/mol. The third-order valence-electron chi connectivity index (χ3n) is 3.80. The molecule has 0 aromatic heterocycles. The summed E-state index contributed by atoms with van der Waals surface area (Å²) >= 11 is 0. The minimum absolute atomic E-state index is 0.0661. The maximum atomic E-state index is 12.8. The highest BCUT2D eigenvalue weighted by atomic mass is 16.2. The van der Waals surface area contributed by atoms with Crippen LogP contribution in [0.3, 0.4) is 0 Å². The summed E-state index contributed by atoms with van der Waals surface area (Å²) in [6.07, 6.45) is 0. The Labute approximate surface area is 136 Å². The molecule has 0 saturated heterocycles. The predicted molar refractivity (Wildman–Crippen MR) is 90.7 cm³/mol. The molecule has 3 N–H and O–H groups in total. The van der Waals surface area contributed by atoms with Gasteiger partial charge in [-0.1, -0.05) is 74.5 Å². The summed E-state index contributed by atoms with van der Waals surface area (Å²) < 4.78 is 0. The summed E-state index contributed by atoms with van der Waals surface area (Å²) in [5.41, 5.74) is 7.17. The molecule has 0 heterocycles. The molecule has 2 amide bonds. The fourth-order valence-electron chi connectivity index (χ4n) is 2.59. The highest BCUT2D eigenvalue weighted by molar-refractivity contribution is 5.92. The molecule has 0 aliphatic heterocycles. The van der Waals surface area contributed by atoms with Gasteiger partial charge in [0.2, 0.25) is 11.8 Å². The van der Waals surface area contributed by atoms with Gasteiger partial charge in [-0.15, -0.1) is 0 Å². The summed E-state index contributed by atoms with van der Waals surface area (Å²) in [6, 6.07) is 18.3. The fraction of sp³-hybridized carbons (Fsp3) is 0.263. The Morgan fingerprint density at radius 3 is 1.65 bits per heavy atom. The van der Waals surface area contributed by atoms with E-state index in [0.29, 0.717) is 0 Å². The van der Waals surface area contributed by atoms with Crippen molar-refractivity contribution in [1.82, 2.24) is 5.32 Å². The molecule has 0 bridgehead atoms. The number of carbonyl (C=O) groups is 2. The van der Waals surface area contributed by atoms with Gasteiger partial charge in [0, 0.05) is 0 Å². The number of primary amides is 1. The Morgan fingerprint density at radius 2 is 1.30 bits per heavy atom. The normalized spacial score (nSPS) is 12.2. The van der Waals surface area contributed by atoms with Crippen LogP contribution >= 0.6 is 0 Å². The Hall–Kier alpha value is -2.62. The van der Waals surface area contributed by atoms with E-state index in [2.05, 4.69) is 5.32 Å². The zero-order valence-electron chi connectivity index (χ0n) is 13.4. The van der Waals surface area contributed by atoms with E-state index in [1.807, 2.05) is 74.5 Å². The van der Waals surface area contributed by atoms with E-state index in [0.717, 1.165) is 11.1 Å². The molecule has 2 aromatic rings. The van der Waals surface area contributed by atoms with E-state index in [4.69, 9.17) is 5.73 Å². The summed E-state index contributed by atoms with van der Waals surface area (Å²) in [5, 5.41) is 2.80. The van der Waals surface area contributed by atoms with Gasteiger partial charge in [-0.2, -0.15) is 0 Å². The van der Waals surface area contributed by atoms with E-state index in [1.54, 1.807) is 0 Å². The van der Waals surface area contributed by atoms with Crippen molar-refractivity contribution in [2.45, 2.75) is 25.8 Å². The quantitative estimate of drug-likeness (QED) is 0.860. The average Bonchev–Trinajstić information content (AvgIpc) is 2.54. The maximum Gasteiger partial charge on any atom is 0.240 e. The third kappa shape index (κ3) is 4.19. The molecule has 2 aromatic carbocycles. The first kappa shape index (κ1) is 16.7. The molecular formula is C19H22N2O2. The Balaban J connectivity index is 2.34. The van der Waals surface area contributed by atoms with E-state index in [1.165, 1.54) is 0 Å². The summed E-state index contributed by atoms with van der Waals surface area (Å²) in [7, 11) is 0. The van der Waals surface area contributed by atoms with Gasteiger partial charge in [0.15, 0.2) is 0 Å². The molecule has 0 aliphatic carbocycles. The SMILES string of the molecule is CC(C)[C@H](NC(=O)C(c1ccccc1)c1ccccc1)C(N)=O. The van der Waals surface area contributed by atoms with Crippen molar-refractivity contribution in [3.63, 3.8) is 0 Å². The molecular weight excluding hydrogens is 288 g/mol. The van der Waals surface area contributed by atoms with Crippen LogP contribution in [-0.2, 0) is 9.59 Å². The van der Waals surface area contributed by atoms with E-state index >= 15 is 0 Å². The van der Waals surface area contributed by atoms with E-state index < -0.39 is 17.9 Å². The molecule has 0 unspecified atom stereocenters. The Kier molecular flexibility index (Phi) is 5.52. The molecule has 0 aliphatic rings. The second-order valence-electron chi connectivity index (χ2n) is 5.89. The van der Waals surface area contributed by atoms with Crippen LogP contribution in [0.25, 0.3) is 0 Å². The highest BCUT2D eigenvalue weighted by Gasteiger charge is 2.28. The van der Waals surface area contributed by atoms with Gasteiger partial charge in [0.05, 0.1) is 5.92 Å². The number of carbonyl (C=O) groups excluding carboxylic acids is 2. The monoisotopic (exact) mass is 310 g/mol. The van der Waals surface area contributed by atoms with Crippen molar-refractivity contribution in [1.29, 1.82) is 0 Å². The van der Waals surface area contributed by atoms with Crippen molar-refractivity contribution in [3.05, 3.63) is 71.8 Å². The van der Waals surface area contributed by atoms with Gasteiger partial charge < -0.3 is 11.1 Å². The van der Waals surface area contributed by atoms with Crippen molar-refractivity contribution in [3.8, 4) is 0 Å². The molecule has 0 radical (unpaired) electrons. The van der Waals surface area contributed by atoms with Gasteiger partial charge in [-0.25, -0.2) is 0 Å². The first-order valence-corrected chi connectivity index (χ1v) is 7.70. The molecule has 1 atom stereocenters. The van der Waals surface area contributed by atoms with Crippen LogP contribution in [0.1, 0.15) is 30.9 Å². The van der Waals surface area contributed by atoms with Gasteiger partial charge in [0.1, 0.15) is 6.04 Å².